The van der Waals surface area contributed by atoms with Crippen LogP contribution in [0, 0.1) is 5.92 Å². The van der Waals surface area contributed by atoms with E-state index in [1.54, 1.807) is 0 Å². The van der Waals surface area contributed by atoms with Crippen molar-refractivity contribution in [3.05, 3.63) is 0 Å². The van der Waals surface area contributed by atoms with E-state index in [1.807, 2.05) is 6.92 Å². The van der Waals surface area contributed by atoms with Crippen LogP contribution in [0.5, 0.6) is 0 Å². The quantitative estimate of drug-likeness (QED) is 0.665. The summed E-state index contributed by atoms with van der Waals surface area (Å²) >= 11 is 0. The van der Waals surface area contributed by atoms with Crippen molar-refractivity contribution in [2.75, 3.05) is 13.1 Å². The number of hydrogen-bond donors (Lipinski definition) is 2. The fraction of sp³-hybridized carbons (Fsp3) is 1.00. The van der Waals surface area contributed by atoms with E-state index in [0.717, 1.165) is 19.5 Å². The fourth-order valence-corrected chi connectivity index (χ4v) is 2.50. The van der Waals surface area contributed by atoms with Crippen LogP contribution >= 0.6 is 0 Å². The van der Waals surface area contributed by atoms with Gasteiger partial charge in [0.1, 0.15) is 0 Å². The SMILES string of the molecule is CCCCCCC(C)(O)C1CCCNC1. The molecule has 2 atom stereocenters. The summed E-state index contributed by atoms with van der Waals surface area (Å²) < 4.78 is 0. The van der Waals surface area contributed by atoms with Crippen molar-refractivity contribution in [2.45, 2.75) is 64.4 Å². The Morgan fingerprint density at radius 3 is 2.73 bits per heavy atom. The first-order valence-electron chi connectivity index (χ1n) is 6.60. The molecular formula is C13H27NO. The zero-order valence-corrected chi connectivity index (χ0v) is 10.4. The lowest BCUT2D eigenvalue weighted by Gasteiger charge is -2.36. The second kappa shape index (κ2) is 6.49. The average Bonchev–Trinajstić information content (AvgIpc) is 2.26. The molecule has 0 aliphatic carbocycles. The van der Waals surface area contributed by atoms with Crippen LogP contribution in [0.15, 0.2) is 0 Å². The normalized spacial score (nSPS) is 26.2. The highest BCUT2D eigenvalue weighted by molar-refractivity contribution is 4.85. The molecule has 0 saturated carbocycles. The Morgan fingerprint density at radius 1 is 1.33 bits per heavy atom. The maximum atomic E-state index is 10.4. The van der Waals surface area contributed by atoms with Crippen LogP contribution in [-0.4, -0.2) is 23.8 Å². The Bertz CT molecular complexity index is 162. The van der Waals surface area contributed by atoms with Crippen LogP contribution in [-0.2, 0) is 0 Å². The van der Waals surface area contributed by atoms with E-state index in [-0.39, 0.29) is 0 Å². The summed E-state index contributed by atoms with van der Waals surface area (Å²) in [5.74, 6) is 0.466. The number of piperidine rings is 1. The summed E-state index contributed by atoms with van der Waals surface area (Å²) in [5, 5.41) is 13.8. The minimum Gasteiger partial charge on any atom is -0.390 e. The van der Waals surface area contributed by atoms with Gasteiger partial charge in [0.2, 0.25) is 0 Å². The fourth-order valence-electron chi connectivity index (χ4n) is 2.50. The zero-order valence-electron chi connectivity index (χ0n) is 10.4. The predicted molar refractivity (Wildman–Crippen MR) is 65.0 cm³/mol. The van der Waals surface area contributed by atoms with Crippen molar-refractivity contribution in [3.63, 3.8) is 0 Å². The zero-order chi connectivity index (χ0) is 11.1. The summed E-state index contributed by atoms with van der Waals surface area (Å²) in [6.07, 6.45) is 8.40. The second-order valence-corrected chi connectivity index (χ2v) is 5.21. The molecule has 1 saturated heterocycles. The highest BCUT2D eigenvalue weighted by atomic mass is 16.3. The molecule has 1 heterocycles. The first-order chi connectivity index (χ1) is 7.17. The van der Waals surface area contributed by atoms with Gasteiger partial charge in [0.15, 0.2) is 0 Å². The van der Waals surface area contributed by atoms with Gasteiger partial charge in [-0.05, 0) is 38.6 Å². The monoisotopic (exact) mass is 213 g/mol. The molecule has 0 aromatic heterocycles. The molecule has 0 bridgehead atoms. The molecule has 1 aliphatic rings. The molecule has 1 rings (SSSR count). The number of aliphatic hydroxyl groups is 1. The van der Waals surface area contributed by atoms with E-state index >= 15 is 0 Å². The van der Waals surface area contributed by atoms with Crippen molar-refractivity contribution in [2.24, 2.45) is 5.92 Å². The molecule has 2 heteroatoms. The minimum atomic E-state index is -0.443. The molecular weight excluding hydrogens is 186 g/mol. The number of rotatable bonds is 6. The topological polar surface area (TPSA) is 32.3 Å². The van der Waals surface area contributed by atoms with Gasteiger partial charge in [0.25, 0.3) is 0 Å². The Balaban J connectivity index is 2.23. The third kappa shape index (κ3) is 4.52. The summed E-state index contributed by atoms with van der Waals surface area (Å²) in [6, 6.07) is 0. The van der Waals surface area contributed by atoms with Crippen LogP contribution in [0.3, 0.4) is 0 Å². The average molecular weight is 213 g/mol. The van der Waals surface area contributed by atoms with Crippen LogP contribution in [0.1, 0.15) is 58.8 Å². The molecule has 0 amide bonds. The molecule has 0 radical (unpaired) electrons. The van der Waals surface area contributed by atoms with Gasteiger partial charge in [0.05, 0.1) is 5.60 Å². The minimum absolute atomic E-state index is 0.443. The summed E-state index contributed by atoms with van der Waals surface area (Å²) in [5.41, 5.74) is -0.443. The van der Waals surface area contributed by atoms with E-state index in [1.165, 1.54) is 38.5 Å². The Labute approximate surface area is 94.5 Å². The molecule has 2 N–H and O–H groups in total. The third-order valence-electron chi connectivity index (χ3n) is 3.71. The molecule has 1 fully saturated rings. The van der Waals surface area contributed by atoms with Crippen molar-refractivity contribution in [3.8, 4) is 0 Å². The molecule has 0 aromatic carbocycles. The predicted octanol–water partition coefficient (Wildman–Crippen LogP) is 2.71. The number of nitrogens with one attached hydrogen (secondary N) is 1. The third-order valence-corrected chi connectivity index (χ3v) is 3.71. The maximum absolute atomic E-state index is 10.4. The smallest absolute Gasteiger partial charge is 0.0659 e. The van der Waals surface area contributed by atoms with Crippen LogP contribution < -0.4 is 5.32 Å². The highest BCUT2D eigenvalue weighted by Gasteiger charge is 2.31. The van der Waals surface area contributed by atoms with Gasteiger partial charge in [-0.15, -0.1) is 0 Å². The van der Waals surface area contributed by atoms with Gasteiger partial charge in [-0.3, -0.25) is 0 Å². The van der Waals surface area contributed by atoms with E-state index in [9.17, 15) is 5.11 Å². The van der Waals surface area contributed by atoms with Crippen molar-refractivity contribution in [1.82, 2.24) is 5.32 Å². The summed E-state index contributed by atoms with van der Waals surface area (Å²) in [6.45, 7) is 6.38. The van der Waals surface area contributed by atoms with Gasteiger partial charge in [0, 0.05) is 6.54 Å². The lowest BCUT2D eigenvalue weighted by molar-refractivity contribution is -0.0198. The largest absolute Gasteiger partial charge is 0.390 e. The Morgan fingerprint density at radius 2 is 2.13 bits per heavy atom. The van der Waals surface area contributed by atoms with Crippen molar-refractivity contribution >= 4 is 0 Å². The molecule has 15 heavy (non-hydrogen) atoms. The highest BCUT2D eigenvalue weighted by Crippen LogP contribution is 2.28. The Kier molecular flexibility index (Phi) is 5.62. The van der Waals surface area contributed by atoms with Gasteiger partial charge in [-0.25, -0.2) is 0 Å². The molecule has 2 nitrogen and oxygen atoms in total. The van der Waals surface area contributed by atoms with E-state index < -0.39 is 5.60 Å². The lowest BCUT2D eigenvalue weighted by Crippen LogP contribution is -2.44. The van der Waals surface area contributed by atoms with Gasteiger partial charge in [-0.1, -0.05) is 32.6 Å². The Hall–Kier alpha value is -0.0800. The molecule has 2 unspecified atom stereocenters. The number of unbranched alkanes of at least 4 members (excludes halogenated alkanes) is 3. The van der Waals surface area contributed by atoms with Crippen LogP contribution in [0.25, 0.3) is 0 Å². The maximum Gasteiger partial charge on any atom is 0.0659 e. The van der Waals surface area contributed by atoms with Crippen LogP contribution in [0.4, 0.5) is 0 Å². The standard InChI is InChI=1S/C13H27NO/c1-3-4-5-6-9-13(2,15)12-8-7-10-14-11-12/h12,14-15H,3-11H2,1-2H3. The molecule has 90 valence electrons. The van der Waals surface area contributed by atoms with Crippen molar-refractivity contribution in [1.29, 1.82) is 0 Å². The van der Waals surface area contributed by atoms with Gasteiger partial charge >= 0.3 is 0 Å². The molecule has 1 aliphatic heterocycles. The lowest BCUT2D eigenvalue weighted by atomic mass is 9.80. The first kappa shape index (κ1) is 13.0. The van der Waals surface area contributed by atoms with Crippen molar-refractivity contribution < 1.29 is 5.11 Å². The molecule has 0 aromatic rings. The second-order valence-electron chi connectivity index (χ2n) is 5.21. The van der Waals surface area contributed by atoms with Crippen LogP contribution in [0.2, 0.25) is 0 Å². The summed E-state index contributed by atoms with van der Waals surface area (Å²) in [7, 11) is 0. The van der Waals surface area contributed by atoms with E-state index in [0.29, 0.717) is 5.92 Å². The van der Waals surface area contributed by atoms with Gasteiger partial charge < -0.3 is 10.4 Å². The van der Waals surface area contributed by atoms with E-state index in [2.05, 4.69) is 12.2 Å². The summed E-state index contributed by atoms with van der Waals surface area (Å²) in [4.78, 5) is 0. The van der Waals surface area contributed by atoms with Gasteiger partial charge in [-0.2, -0.15) is 0 Å². The molecule has 0 spiro atoms. The van der Waals surface area contributed by atoms with E-state index in [4.69, 9.17) is 0 Å². The first-order valence-corrected chi connectivity index (χ1v) is 6.60. The number of hydrogen-bond acceptors (Lipinski definition) is 2.